The summed E-state index contributed by atoms with van der Waals surface area (Å²) in [6, 6.07) is 4.67. The zero-order valence-electron chi connectivity index (χ0n) is 12.7. The monoisotopic (exact) mass is 291 g/mol. The van der Waals surface area contributed by atoms with Gasteiger partial charge in [0.25, 0.3) is 11.6 Å². The fourth-order valence-corrected chi connectivity index (χ4v) is 2.58. The van der Waals surface area contributed by atoms with E-state index < -0.39 is 4.92 Å². The Hall–Kier alpha value is -1.95. The molecule has 6 heteroatoms. The van der Waals surface area contributed by atoms with Gasteiger partial charge in [-0.25, -0.2) is 0 Å². The smallest absolute Gasteiger partial charge is 0.273 e. The van der Waals surface area contributed by atoms with E-state index >= 15 is 0 Å². The van der Waals surface area contributed by atoms with Gasteiger partial charge in [0.05, 0.1) is 4.92 Å². The molecule has 1 aliphatic heterocycles. The van der Waals surface area contributed by atoms with Gasteiger partial charge in [-0.15, -0.1) is 0 Å². The lowest BCUT2D eigenvalue weighted by molar-refractivity contribution is -0.385. The first-order valence-electron chi connectivity index (χ1n) is 7.09. The Morgan fingerprint density at radius 3 is 2.52 bits per heavy atom. The highest BCUT2D eigenvalue weighted by Crippen LogP contribution is 2.24. The molecule has 0 saturated carbocycles. The van der Waals surface area contributed by atoms with Gasteiger partial charge in [0.1, 0.15) is 0 Å². The molecule has 1 heterocycles. The van der Waals surface area contributed by atoms with Crippen LogP contribution < -0.4 is 5.32 Å². The lowest BCUT2D eigenvalue weighted by Crippen LogP contribution is -2.51. The normalized spacial score (nSPS) is 17.6. The van der Waals surface area contributed by atoms with Crippen LogP contribution in [0.2, 0.25) is 0 Å². The van der Waals surface area contributed by atoms with E-state index in [1.807, 2.05) is 7.05 Å². The largest absolute Gasteiger partial charge is 0.339 e. The molecule has 2 rings (SSSR count). The van der Waals surface area contributed by atoms with Crippen LogP contribution in [0.1, 0.15) is 35.7 Å². The molecule has 1 fully saturated rings. The highest BCUT2D eigenvalue weighted by atomic mass is 16.6. The molecule has 0 unspecified atom stereocenters. The summed E-state index contributed by atoms with van der Waals surface area (Å²) in [7, 11) is 1.93. The average molecular weight is 291 g/mol. The molecule has 0 radical (unpaired) electrons. The molecule has 1 saturated heterocycles. The number of piperidine rings is 1. The molecule has 1 N–H and O–H groups in total. The Balaban J connectivity index is 2.15. The number of nitro groups is 1. The van der Waals surface area contributed by atoms with Crippen LogP contribution in [-0.4, -0.2) is 41.4 Å². The number of rotatable bonds is 3. The summed E-state index contributed by atoms with van der Waals surface area (Å²) in [4.78, 5) is 24.8. The van der Waals surface area contributed by atoms with Gasteiger partial charge in [0.2, 0.25) is 0 Å². The zero-order chi connectivity index (χ0) is 15.6. The summed E-state index contributed by atoms with van der Waals surface area (Å²) in [6.07, 6.45) is 1.76. The zero-order valence-corrected chi connectivity index (χ0v) is 12.7. The third-order valence-electron chi connectivity index (χ3n) is 4.41. The second-order valence-corrected chi connectivity index (χ2v) is 5.86. The van der Waals surface area contributed by atoms with Crippen molar-refractivity contribution >= 4 is 11.6 Å². The van der Waals surface area contributed by atoms with Gasteiger partial charge in [0.15, 0.2) is 0 Å². The molecule has 114 valence electrons. The van der Waals surface area contributed by atoms with E-state index in [4.69, 9.17) is 0 Å². The predicted molar refractivity (Wildman–Crippen MR) is 80.4 cm³/mol. The number of nitrogens with zero attached hydrogens (tertiary/aromatic N) is 2. The summed E-state index contributed by atoms with van der Waals surface area (Å²) in [5, 5.41) is 14.3. The van der Waals surface area contributed by atoms with E-state index in [-0.39, 0.29) is 17.1 Å². The third kappa shape index (κ3) is 3.21. The van der Waals surface area contributed by atoms with E-state index in [0.717, 1.165) is 12.8 Å². The predicted octanol–water partition coefficient (Wildman–Crippen LogP) is 2.12. The maximum atomic E-state index is 12.5. The van der Waals surface area contributed by atoms with E-state index in [1.54, 1.807) is 24.0 Å². The molecule has 1 amide bonds. The number of hydrogen-bond acceptors (Lipinski definition) is 4. The van der Waals surface area contributed by atoms with Gasteiger partial charge >= 0.3 is 0 Å². The summed E-state index contributed by atoms with van der Waals surface area (Å²) in [6.45, 7) is 5.15. The quantitative estimate of drug-likeness (QED) is 0.683. The minimum absolute atomic E-state index is 0.00192. The molecule has 1 aliphatic rings. The lowest BCUT2D eigenvalue weighted by Gasteiger charge is -2.39. The van der Waals surface area contributed by atoms with E-state index in [9.17, 15) is 14.9 Å². The van der Waals surface area contributed by atoms with E-state index in [0.29, 0.717) is 24.2 Å². The van der Waals surface area contributed by atoms with Crippen molar-refractivity contribution in [1.29, 1.82) is 0 Å². The fraction of sp³-hybridized carbons (Fsp3) is 0.533. The first kappa shape index (κ1) is 15.4. The number of nitrogens with one attached hydrogen (secondary N) is 1. The minimum Gasteiger partial charge on any atom is -0.339 e. The van der Waals surface area contributed by atoms with Crippen molar-refractivity contribution in [2.24, 2.45) is 0 Å². The van der Waals surface area contributed by atoms with Crippen LogP contribution in [0.4, 0.5) is 5.69 Å². The van der Waals surface area contributed by atoms with Crippen molar-refractivity contribution in [1.82, 2.24) is 10.2 Å². The number of amides is 1. The van der Waals surface area contributed by atoms with Crippen LogP contribution in [0.5, 0.6) is 0 Å². The number of carbonyl (C=O) groups excluding carboxylic acids is 1. The number of aryl methyl sites for hydroxylation is 1. The molecule has 0 atom stereocenters. The van der Waals surface area contributed by atoms with Crippen LogP contribution in [0.3, 0.4) is 0 Å². The number of nitro benzene ring substituents is 1. The Kier molecular flexibility index (Phi) is 4.27. The molecule has 0 bridgehead atoms. The first-order chi connectivity index (χ1) is 9.86. The molecular weight excluding hydrogens is 270 g/mol. The number of likely N-dealkylation sites (tertiary alicyclic amines) is 1. The molecule has 1 aromatic rings. The Morgan fingerprint density at radius 1 is 1.38 bits per heavy atom. The SMILES string of the molecule is CNC1(C)CCN(C(=O)c2ccc(C)c([N+](=O)[O-])c2)CC1. The van der Waals surface area contributed by atoms with Gasteiger partial charge in [-0.05, 0) is 39.8 Å². The number of carbonyl (C=O) groups is 1. The van der Waals surface area contributed by atoms with Crippen LogP contribution >= 0.6 is 0 Å². The van der Waals surface area contributed by atoms with Crippen LogP contribution in [0.25, 0.3) is 0 Å². The molecule has 0 aromatic heterocycles. The summed E-state index contributed by atoms with van der Waals surface area (Å²) in [5.74, 6) is -0.128. The van der Waals surface area contributed by atoms with Crippen LogP contribution in [-0.2, 0) is 0 Å². The van der Waals surface area contributed by atoms with Gasteiger partial charge in [0, 0.05) is 35.8 Å². The maximum absolute atomic E-state index is 12.5. The van der Waals surface area contributed by atoms with Crippen molar-refractivity contribution in [3.05, 3.63) is 39.4 Å². The highest BCUT2D eigenvalue weighted by Gasteiger charge is 2.31. The minimum atomic E-state index is -0.444. The second-order valence-electron chi connectivity index (χ2n) is 5.86. The molecule has 0 aliphatic carbocycles. The Labute approximate surface area is 124 Å². The fourth-order valence-electron chi connectivity index (χ4n) is 2.58. The van der Waals surface area contributed by atoms with Gasteiger partial charge < -0.3 is 10.2 Å². The lowest BCUT2D eigenvalue weighted by atomic mass is 9.89. The average Bonchev–Trinajstić information content (AvgIpc) is 2.47. The van der Waals surface area contributed by atoms with Crippen molar-refractivity contribution in [2.45, 2.75) is 32.2 Å². The van der Waals surface area contributed by atoms with Crippen molar-refractivity contribution < 1.29 is 9.72 Å². The summed E-state index contributed by atoms with van der Waals surface area (Å²) in [5.41, 5.74) is 1.02. The number of benzene rings is 1. The van der Waals surface area contributed by atoms with Crippen molar-refractivity contribution in [3.63, 3.8) is 0 Å². The van der Waals surface area contributed by atoms with Crippen LogP contribution in [0.15, 0.2) is 18.2 Å². The van der Waals surface area contributed by atoms with E-state index in [1.165, 1.54) is 6.07 Å². The van der Waals surface area contributed by atoms with E-state index in [2.05, 4.69) is 12.2 Å². The van der Waals surface area contributed by atoms with Gasteiger partial charge in [-0.2, -0.15) is 0 Å². The summed E-state index contributed by atoms with van der Waals surface area (Å²) < 4.78 is 0. The number of hydrogen-bond donors (Lipinski definition) is 1. The molecule has 6 nitrogen and oxygen atoms in total. The molecule has 1 aromatic carbocycles. The molecule has 21 heavy (non-hydrogen) atoms. The standard InChI is InChI=1S/C15H21N3O3/c1-11-4-5-12(10-13(11)18(20)21)14(19)17-8-6-15(2,16-3)7-9-17/h4-5,10,16H,6-9H2,1-3H3. The molecule has 0 spiro atoms. The topological polar surface area (TPSA) is 75.5 Å². The van der Waals surface area contributed by atoms with Gasteiger partial charge in [-0.3, -0.25) is 14.9 Å². The Morgan fingerprint density at radius 2 is 2.00 bits per heavy atom. The Bertz CT molecular complexity index is 563. The van der Waals surface area contributed by atoms with Crippen molar-refractivity contribution in [2.75, 3.05) is 20.1 Å². The second kappa shape index (κ2) is 5.81. The highest BCUT2D eigenvalue weighted by molar-refractivity contribution is 5.95. The van der Waals surface area contributed by atoms with Crippen molar-refractivity contribution in [3.8, 4) is 0 Å². The molecular formula is C15H21N3O3. The van der Waals surface area contributed by atoms with Gasteiger partial charge in [-0.1, -0.05) is 6.07 Å². The third-order valence-corrected chi connectivity index (χ3v) is 4.41. The summed E-state index contributed by atoms with van der Waals surface area (Å²) >= 11 is 0. The van der Waals surface area contributed by atoms with Crippen LogP contribution in [0, 0.1) is 17.0 Å². The first-order valence-corrected chi connectivity index (χ1v) is 7.09. The maximum Gasteiger partial charge on any atom is 0.273 e.